The monoisotopic (exact) mass is 426 g/mol. The second kappa shape index (κ2) is 8.71. The normalized spacial score (nSPS) is 12.3. The number of carbonyl (C=O) groups is 2. The van der Waals surface area contributed by atoms with Gasteiger partial charge in [0.25, 0.3) is 5.91 Å². The summed E-state index contributed by atoms with van der Waals surface area (Å²) in [6.45, 7) is 7.52. The zero-order valence-corrected chi connectivity index (χ0v) is 18.0. The molecular weight excluding hydrogens is 403 g/mol. The first-order valence-electron chi connectivity index (χ1n) is 9.40. The van der Waals surface area contributed by atoms with E-state index >= 15 is 0 Å². The van der Waals surface area contributed by atoms with Crippen molar-refractivity contribution in [2.45, 2.75) is 39.3 Å². The van der Waals surface area contributed by atoms with Crippen LogP contribution in [-0.2, 0) is 4.79 Å². The van der Waals surface area contributed by atoms with E-state index in [4.69, 9.17) is 0 Å². The van der Waals surface area contributed by atoms with E-state index in [2.05, 4.69) is 14.9 Å². The molecule has 3 aromatic rings. The molecule has 0 aliphatic rings. The molecule has 3 rings (SSSR count). The van der Waals surface area contributed by atoms with Gasteiger partial charge in [-0.3, -0.25) is 14.5 Å². The second-order valence-electron chi connectivity index (χ2n) is 8.00. The number of nitrogens with zero attached hydrogens (tertiary/aromatic N) is 3. The van der Waals surface area contributed by atoms with Gasteiger partial charge < -0.3 is 5.32 Å². The Morgan fingerprint density at radius 1 is 1.13 bits per heavy atom. The molecule has 0 saturated carbocycles. The lowest BCUT2D eigenvalue weighted by Crippen LogP contribution is -2.49. The third-order valence-electron chi connectivity index (χ3n) is 4.27. The smallest absolute Gasteiger partial charge is 0.280 e. The van der Waals surface area contributed by atoms with Crippen LogP contribution in [0.1, 0.15) is 48.4 Å². The summed E-state index contributed by atoms with van der Waals surface area (Å²) in [6.07, 6.45) is 0. The van der Waals surface area contributed by atoms with Crippen LogP contribution in [0.2, 0.25) is 0 Å². The summed E-state index contributed by atoms with van der Waals surface area (Å²) in [7, 11) is 0. The van der Waals surface area contributed by atoms with Gasteiger partial charge in [-0.1, -0.05) is 34.3 Å². The molecule has 6 nitrogen and oxygen atoms in total. The fourth-order valence-electron chi connectivity index (χ4n) is 3.06. The predicted octanol–water partition coefficient (Wildman–Crippen LogP) is 4.29. The predicted molar refractivity (Wildman–Crippen MR) is 115 cm³/mol. The number of aryl methyl sites for hydroxylation is 1. The van der Waals surface area contributed by atoms with E-state index in [9.17, 15) is 14.0 Å². The largest absolute Gasteiger partial charge is 0.349 e. The summed E-state index contributed by atoms with van der Waals surface area (Å²) < 4.78 is 17.3. The Hall–Kier alpha value is -3.13. The SMILES string of the molecule is Cc1cccc([C@H](C(=O)NC(C)(C)C)N(C(=O)c2csnn2)c2ccc(F)cc2)c1. The summed E-state index contributed by atoms with van der Waals surface area (Å²) in [4.78, 5) is 28.2. The van der Waals surface area contributed by atoms with Crippen LogP contribution in [0.15, 0.2) is 53.9 Å². The van der Waals surface area contributed by atoms with Crippen molar-refractivity contribution in [1.29, 1.82) is 0 Å². The van der Waals surface area contributed by atoms with Crippen LogP contribution < -0.4 is 10.2 Å². The van der Waals surface area contributed by atoms with Gasteiger partial charge in [0.15, 0.2) is 5.69 Å². The third-order valence-corrected chi connectivity index (χ3v) is 4.77. The number of halogens is 1. The molecule has 1 atom stereocenters. The first-order valence-corrected chi connectivity index (χ1v) is 10.2. The third kappa shape index (κ3) is 5.07. The standard InChI is InChI=1S/C22H23FN4O2S/c1-14-6-5-7-15(12-14)19(20(28)24-22(2,3)4)27(17-10-8-16(23)9-11-17)21(29)18-13-30-26-25-18/h5-13,19H,1-4H3,(H,24,28)/t19-/m1/s1. The Labute approximate surface area is 178 Å². The van der Waals surface area contributed by atoms with Gasteiger partial charge in [0.05, 0.1) is 0 Å². The molecule has 0 aliphatic carbocycles. The number of hydrogen-bond donors (Lipinski definition) is 1. The summed E-state index contributed by atoms with van der Waals surface area (Å²) in [5, 5.41) is 8.36. The van der Waals surface area contributed by atoms with Gasteiger partial charge in [-0.2, -0.15) is 0 Å². The van der Waals surface area contributed by atoms with Crippen molar-refractivity contribution < 1.29 is 14.0 Å². The number of amides is 2. The van der Waals surface area contributed by atoms with Crippen molar-refractivity contribution >= 4 is 29.0 Å². The highest BCUT2D eigenvalue weighted by Gasteiger charge is 2.35. The molecule has 0 fully saturated rings. The first-order chi connectivity index (χ1) is 14.2. The highest BCUT2D eigenvalue weighted by atomic mass is 32.1. The summed E-state index contributed by atoms with van der Waals surface area (Å²) in [6, 6.07) is 11.9. The Morgan fingerprint density at radius 3 is 2.40 bits per heavy atom. The van der Waals surface area contributed by atoms with E-state index in [-0.39, 0.29) is 11.6 Å². The van der Waals surface area contributed by atoms with E-state index in [1.54, 1.807) is 6.07 Å². The van der Waals surface area contributed by atoms with E-state index in [1.807, 2.05) is 45.9 Å². The summed E-state index contributed by atoms with van der Waals surface area (Å²) >= 11 is 1.04. The maximum absolute atomic E-state index is 13.6. The number of benzene rings is 2. The summed E-state index contributed by atoms with van der Waals surface area (Å²) in [5.41, 5.74) is 1.56. The van der Waals surface area contributed by atoms with Gasteiger partial charge >= 0.3 is 0 Å². The molecule has 0 aliphatic heterocycles. The molecule has 156 valence electrons. The lowest BCUT2D eigenvalue weighted by molar-refractivity contribution is -0.123. The average molecular weight is 427 g/mol. The van der Waals surface area contributed by atoms with Crippen molar-refractivity contribution in [2.24, 2.45) is 0 Å². The Morgan fingerprint density at radius 2 is 1.83 bits per heavy atom. The van der Waals surface area contributed by atoms with Gasteiger partial charge in [-0.25, -0.2) is 4.39 Å². The number of carbonyl (C=O) groups excluding carboxylic acids is 2. The van der Waals surface area contributed by atoms with Crippen molar-refractivity contribution in [3.63, 3.8) is 0 Å². The molecule has 0 radical (unpaired) electrons. The van der Waals surface area contributed by atoms with Gasteiger partial charge in [0.2, 0.25) is 5.91 Å². The van der Waals surface area contributed by atoms with Crippen molar-refractivity contribution in [3.05, 3.63) is 76.5 Å². The van der Waals surface area contributed by atoms with Gasteiger partial charge in [-0.15, -0.1) is 5.10 Å². The van der Waals surface area contributed by atoms with E-state index < -0.39 is 23.3 Å². The number of nitrogens with one attached hydrogen (secondary N) is 1. The molecule has 30 heavy (non-hydrogen) atoms. The molecule has 8 heteroatoms. The molecule has 1 N–H and O–H groups in total. The zero-order chi connectivity index (χ0) is 21.9. The minimum absolute atomic E-state index is 0.116. The lowest BCUT2D eigenvalue weighted by atomic mass is 9.99. The number of anilines is 1. The minimum Gasteiger partial charge on any atom is -0.349 e. The fourth-order valence-corrected chi connectivity index (χ4v) is 3.49. The Kier molecular flexibility index (Phi) is 6.26. The van der Waals surface area contributed by atoms with Gasteiger partial charge in [0, 0.05) is 16.6 Å². The quantitative estimate of drug-likeness (QED) is 0.660. The van der Waals surface area contributed by atoms with Crippen LogP contribution in [0, 0.1) is 12.7 Å². The maximum atomic E-state index is 13.6. The molecule has 0 bridgehead atoms. The minimum atomic E-state index is -0.983. The van der Waals surface area contributed by atoms with Crippen molar-refractivity contribution in [1.82, 2.24) is 14.9 Å². The Bertz CT molecular complexity index is 1030. The van der Waals surface area contributed by atoms with Crippen molar-refractivity contribution in [3.8, 4) is 0 Å². The van der Waals surface area contributed by atoms with Crippen LogP contribution >= 0.6 is 11.5 Å². The Balaban J connectivity index is 2.18. The van der Waals surface area contributed by atoms with Crippen LogP contribution in [0.4, 0.5) is 10.1 Å². The van der Waals surface area contributed by atoms with Gasteiger partial charge in [-0.05, 0) is 69.1 Å². The number of rotatable bonds is 5. The number of aromatic nitrogens is 2. The van der Waals surface area contributed by atoms with E-state index in [1.165, 1.54) is 34.5 Å². The lowest BCUT2D eigenvalue weighted by Gasteiger charge is -2.33. The number of hydrogen-bond acceptors (Lipinski definition) is 5. The van der Waals surface area contributed by atoms with Crippen LogP contribution in [0.3, 0.4) is 0 Å². The highest BCUT2D eigenvalue weighted by molar-refractivity contribution is 7.03. The van der Waals surface area contributed by atoms with Gasteiger partial charge in [0.1, 0.15) is 11.9 Å². The van der Waals surface area contributed by atoms with E-state index in [0.29, 0.717) is 11.3 Å². The molecule has 1 aromatic heterocycles. The van der Waals surface area contributed by atoms with Crippen LogP contribution in [0.5, 0.6) is 0 Å². The molecule has 2 aromatic carbocycles. The highest BCUT2D eigenvalue weighted by Crippen LogP contribution is 2.31. The summed E-state index contributed by atoms with van der Waals surface area (Å²) in [5.74, 6) is -1.28. The molecule has 2 amide bonds. The van der Waals surface area contributed by atoms with Crippen LogP contribution in [-0.4, -0.2) is 26.9 Å². The first kappa shape index (κ1) is 21.6. The fraction of sp³-hybridized carbons (Fsp3) is 0.273. The zero-order valence-electron chi connectivity index (χ0n) is 17.2. The molecular formula is C22H23FN4O2S. The molecule has 0 spiro atoms. The topological polar surface area (TPSA) is 75.2 Å². The molecule has 0 saturated heterocycles. The van der Waals surface area contributed by atoms with E-state index in [0.717, 1.165) is 17.1 Å². The average Bonchev–Trinajstić information content (AvgIpc) is 3.19. The maximum Gasteiger partial charge on any atom is 0.280 e. The van der Waals surface area contributed by atoms with Crippen LogP contribution in [0.25, 0.3) is 0 Å². The molecule has 0 unspecified atom stereocenters. The second-order valence-corrected chi connectivity index (χ2v) is 8.61. The molecule has 1 heterocycles. The van der Waals surface area contributed by atoms with Crippen molar-refractivity contribution in [2.75, 3.05) is 4.90 Å².